The predicted octanol–water partition coefficient (Wildman–Crippen LogP) is 1.89. The van der Waals surface area contributed by atoms with Gasteiger partial charge in [-0.05, 0) is 18.9 Å². The van der Waals surface area contributed by atoms with Crippen molar-refractivity contribution >= 4 is 0 Å². The van der Waals surface area contributed by atoms with Crippen LogP contribution < -0.4 is 5.32 Å². The van der Waals surface area contributed by atoms with Gasteiger partial charge in [0.2, 0.25) is 0 Å². The molecule has 2 atom stereocenters. The van der Waals surface area contributed by atoms with E-state index in [1.165, 1.54) is 0 Å². The summed E-state index contributed by atoms with van der Waals surface area (Å²) in [6, 6.07) is 0.308. The van der Waals surface area contributed by atoms with E-state index in [4.69, 9.17) is 0 Å². The van der Waals surface area contributed by atoms with Crippen molar-refractivity contribution in [3.05, 3.63) is 12.2 Å². The SMILES string of the molecule is CCCNC(c1ncn[nH]1)C(C)CC. The van der Waals surface area contributed by atoms with E-state index in [1.54, 1.807) is 6.33 Å². The number of H-pyrrole nitrogens is 1. The molecular weight excluding hydrogens is 176 g/mol. The van der Waals surface area contributed by atoms with Crippen molar-refractivity contribution in [2.75, 3.05) is 6.54 Å². The molecule has 1 aromatic rings. The smallest absolute Gasteiger partial charge is 0.141 e. The Morgan fingerprint density at radius 1 is 1.50 bits per heavy atom. The van der Waals surface area contributed by atoms with Gasteiger partial charge in [-0.3, -0.25) is 5.10 Å². The molecule has 0 aromatic carbocycles. The van der Waals surface area contributed by atoms with E-state index in [9.17, 15) is 0 Å². The number of hydrogen-bond donors (Lipinski definition) is 2. The molecule has 1 aromatic heterocycles. The van der Waals surface area contributed by atoms with Crippen LogP contribution in [-0.2, 0) is 0 Å². The molecule has 0 aliphatic rings. The van der Waals surface area contributed by atoms with Crippen molar-refractivity contribution in [2.24, 2.45) is 5.92 Å². The maximum atomic E-state index is 4.21. The molecule has 1 heterocycles. The van der Waals surface area contributed by atoms with E-state index < -0.39 is 0 Å². The Bertz CT molecular complexity index is 232. The van der Waals surface area contributed by atoms with Crippen molar-refractivity contribution < 1.29 is 0 Å². The van der Waals surface area contributed by atoms with Crippen molar-refractivity contribution in [3.8, 4) is 0 Å². The maximum absolute atomic E-state index is 4.21. The van der Waals surface area contributed by atoms with Crippen LogP contribution in [0.1, 0.15) is 45.5 Å². The zero-order valence-electron chi connectivity index (χ0n) is 9.25. The lowest BCUT2D eigenvalue weighted by molar-refractivity contribution is 0.363. The van der Waals surface area contributed by atoms with Crippen molar-refractivity contribution in [3.63, 3.8) is 0 Å². The van der Waals surface area contributed by atoms with Gasteiger partial charge >= 0.3 is 0 Å². The van der Waals surface area contributed by atoms with Crippen LogP contribution in [0.4, 0.5) is 0 Å². The number of hydrogen-bond acceptors (Lipinski definition) is 3. The number of nitrogens with zero attached hydrogens (tertiary/aromatic N) is 2. The van der Waals surface area contributed by atoms with Crippen molar-refractivity contribution in [1.29, 1.82) is 0 Å². The molecule has 14 heavy (non-hydrogen) atoms. The zero-order chi connectivity index (χ0) is 10.4. The summed E-state index contributed by atoms with van der Waals surface area (Å²) in [6.07, 6.45) is 3.85. The Hall–Kier alpha value is -0.900. The Labute approximate surface area is 85.5 Å². The Morgan fingerprint density at radius 2 is 2.29 bits per heavy atom. The van der Waals surface area contributed by atoms with E-state index in [2.05, 4.69) is 41.3 Å². The van der Waals surface area contributed by atoms with Gasteiger partial charge in [0.15, 0.2) is 0 Å². The lowest BCUT2D eigenvalue weighted by Crippen LogP contribution is -2.28. The zero-order valence-corrected chi connectivity index (χ0v) is 9.25. The summed E-state index contributed by atoms with van der Waals surface area (Å²) in [6.45, 7) is 7.62. The maximum Gasteiger partial charge on any atom is 0.141 e. The molecule has 1 rings (SSSR count). The summed E-state index contributed by atoms with van der Waals surface area (Å²) in [7, 11) is 0. The monoisotopic (exact) mass is 196 g/mol. The third-order valence-corrected chi connectivity index (χ3v) is 2.56. The first-order chi connectivity index (χ1) is 6.79. The fraction of sp³-hybridized carbons (Fsp3) is 0.800. The molecule has 0 amide bonds. The summed E-state index contributed by atoms with van der Waals surface area (Å²) in [5.74, 6) is 1.53. The molecule has 0 bridgehead atoms. The van der Waals surface area contributed by atoms with E-state index in [0.29, 0.717) is 12.0 Å². The van der Waals surface area contributed by atoms with Crippen molar-refractivity contribution in [1.82, 2.24) is 20.5 Å². The van der Waals surface area contributed by atoms with E-state index >= 15 is 0 Å². The van der Waals surface area contributed by atoms with Crippen LogP contribution in [-0.4, -0.2) is 21.7 Å². The van der Waals surface area contributed by atoms with Gasteiger partial charge in [0, 0.05) is 0 Å². The first kappa shape index (κ1) is 11.2. The third-order valence-electron chi connectivity index (χ3n) is 2.56. The lowest BCUT2D eigenvalue weighted by atomic mass is 9.98. The normalized spacial score (nSPS) is 15.4. The summed E-state index contributed by atoms with van der Waals surface area (Å²) < 4.78 is 0. The minimum atomic E-state index is 0.308. The second-order valence-corrected chi connectivity index (χ2v) is 3.69. The molecule has 0 fully saturated rings. The highest BCUT2D eigenvalue weighted by atomic mass is 15.2. The van der Waals surface area contributed by atoms with Gasteiger partial charge in [-0.2, -0.15) is 5.10 Å². The fourth-order valence-corrected chi connectivity index (χ4v) is 1.47. The van der Waals surface area contributed by atoms with Gasteiger partial charge in [0.1, 0.15) is 12.2 Å². The van der Waals surface area contributed by atoms with Crippen LogP contribution in [0.25, 0.3) is 0 Å². The summed E-state index contributed by atoms with van der Waals surface area (Å²) in [5, 5.41) is 10.3. The second-order valence-electron chi connectivity index (χ2n) is 3.69. The molecule has 0 aliphatic carbocycles. The minimum Gasteiger partial charge on any atom is -0.307 e. The summed E-state index contributed by atoms with van der Waals surface area (Å²) in [4.78, 5) is 4.21. The first-order valence-electron chi connectivity index (χ1n) is 5.38. The molecule has 0 spiro atoms. The third kappa shape index (κ3) is 2.80. The Balaban J connectivity index is 2.62. The molecule has 0 radical (unpaired) electrons. The molecule has 80 valence electrons. The highest BCUT2D eigenvalue weighted by Gasteiger charge is 2.19. The molecule has 2 N–H and O–H groups in total. The highest BCUT2D eigenvalue weighted by molar-refractivity contribution is 4.93. The topological polar surface area (TPSA) is 53.6 Å². The van der Waals surface area contributed by atoms with Crippen LogP contribution in [0.2, 0.25) is 0 Å². The summed E-state index contributed by atoms with van der Waals surface area (Å²) in [5.41, 5.74) is 0. The molecule has 0 saturated heterocycles. The van der Waals surface area contributed by atoms with E-state index in [-0.39, 0.29) is 0 Å². The van der Waals surface area contributed by atoms with Crippen LogP contribution in [0.3, 0.4) is 0 Å². The summed E-state index contributed by atoms with van der Waals surface area (Å²) >= 11 is 0. The van der Waals surface area contributed by atoms with Crippen LogP contribution in [0.15, 0.2) is 6.33 Å². The molecule has 4 heteroatoms. The standard InChI is InChI=1S/C10H20N4/c1-4-6-11-9(8(3)5-2)10-12-7-13-14-10/h7-9,11H,4-6H2,1-3H3,(H,12,13,14). The van der Waals surface area contributed by atoms with Gasteiger partial charge in [0.05, 0.1) is 6.04 Å². The molecular formula is C10H20N4. The van der Waals surface area contributed by atoms with Gasteiger partial charge in [-0.25, -0.2) is 4.98 Å². The van der Waals surface area contributed by atoms with Gasteiger partial charge in [-0.15, -0.1) is 0 Å². The number of rotatable bonds is 6. The molecule has 0 saturated carbocycles. The van der Waals surface area contributed by atoms with E-state index in [0.717, 1.165) is 25.2 Å². The van der Waals surface area contributed by atoms with Crippen molar-refractivity contribution in [2.45, 2.75) is 39.7 Å². The predicted molar refractivity (Wildman–Crippen MR) is 56.9 cm³/mol. The largest absolute Gasteiger partial charge is 0.307 e. The molecule has 2 unspecified atom stereocenters. The molecule has 4 nitrogen and oxygen atoms in total. The number of aromatic nitrogens is 3. The number of nitrogens with one attached hydrogen (secondary N) is 2. The average molecular weight is 196 g/mol. The minimum absolute atomic E-state index is 0.308. The van der Waals surface area contributed by atoms with Crippen LogP contribution >= 0.6 is 0 Å². The molecule has 0 aliphatic heterocycles. The highest BCUT2D eigenvalue weighted by Crippen LogP contribution is 2.20. The van der Waals surface area contributed by atoms with Gasteiger partial charge in [0.25, 0.3) is 0 Å². The Kier molecular flexibility index (Phi) is 4.59. The Morgan fingerprint density at radius 3 is 2.79 bits per heavy atom. The average Bonchev–Trinajstić information content (AvgIpc) is 2.71. The quantitative estimate of drug-likeness (QED) is 0.730. The number of aromatic amines is 1. The van der Waals surface area contributed by atoms with Crippen LogP contribution in [0.5, 0.6) is 0 Å². The lowest BCUT2D eigenvalue weighted by Gasteiger charge is -2.21. The fourth-order valence-electron chi connectivity index (χ4n) is 1.47. The second kappa shape index (κ2) is 5.75. The van der Waals surface area contributed by atoms with E-state index in [1.807, 2.05) is 0 Å². The first-order valence-corrected chi connectivity index (χ1v) is 5.38. The van der Waals surface area contributed by atoms with Gasteiger partial charge < -0.3 is 5.32 Å². The van der Waals surface area contributed by atoms with Crippen LogP contribution in [0, 0.1) is 5.92 Å². The van der Waals surface area contributed by atoms with Gasteiger partial charge in [-0.1, -0.05) is 27.2 Å².